The summed E-state index contributed by atoms with van der Waals surface area (Å²) in [5.74, 6) is 0. The van der Waals surface area contributed by atoms with Gasteiger partial charge in [0, 0.05) is 26.2 Å². The van der Waals surface area contributed by atoms with Gasteiger partial charge in [-0.3, -0.25) is 4.90 Å². The fourth-order valence-electron chi connectivity index (χ4n) is 2.44. The fourth-order valence-corrected chi connectivity index (χ4v) is 4.12. The van der Waals surface area contributed by atoms with E-state index >= 15 is 0 Å². The van der Waals surface area contributed by atoms with Crippen molar-refractivity contribution in [1.82, 2.24) is 9.21 Å². The summed E-state index contributed by atoms with van der Waals surface area (Å²) < 4.78 is 65.0. The number of piperazine rings is 1. The molecule has 1 heterocycles. The lowest BCUT2D eigenvalue weighted by molar-refractivity contribution is -0.137. The SMILES string of the molecule is C[C@@H](C#N)N1CCN(S(=O)(=O)c2ccc(Cl)c(C(F)(F)F)c2)CC1. The van der Waals surface area contributed by atoms with E-state index in [2.05, 4.69) is 6.07 Å². The molecule has 0 unspecified atom stereocenters. The van der Waals surface area contributed by atoms with Crippen molar-refractivity contribution in [2.75, 3.05) is 26.2 Å². The minimum Gasteiger partial charge on any atom is -0.286 e. The van der Waals surface area contributed by atoms with Crippen molar-refractivity contribution < 1.29 is 21.6 Å². The van der Waals surface area contributed by atoms with Gasteiger partial charge in [0.15, 0.2) is 0 Å². The molecule has 1 fully saturated rings. The van der Waals surface area contributed by atoms with Gasteiger partial charge in [-0.05, 0) is 25.1 Å². The van der Waals surface area contributed by atoms with Crippen LogP contribution in [-0.2, 0) is 16.2 Å². The lowest BCUT2D eigenvalue weighted by Gasteiger charge is -2.35. The van der Waals surface area contributed by atoms with Gasteiger partial charge in [-0.15, -0.1) is 0 Å². The van der Waals surface area contributed by atoms with Crippen LogP contribution in [0.5, 0.6) is 0 Å². The number of sulfonamides is 1. The minimum absolute atomic E-state index is 0.109. The van der Waals surface area contributed by atoms with Gasteiger partial charge < -0.3 is 0 Å². The molecule has 1 atom stereocenters. The highest BCUT2D eigenvalue weighted by atomic mass is 35.5. The Morgan fingerprint density at radius 3 is 2.33 bits per heavy atom. The van der Waals surface area contributed by atoms with Crippen LogP contribution in [0.4, 0.5) is 13.2 Å². The van der Waals surface area contributed by atoms with Gasteiger partial charge in [0.2, 0.25) is 10.0 Å². The van der Waals surface area contributed by atoms with Crippen LogP contribution in [0.3, 0.4) is 0 Å². The first-order chi connectivity index (χ1) is 11.1. The van der Waals surface area contributed by atoms with E-state index in [0.717, 1.165) is 16.4 Å². The molecule has 0 amide bonds. The second-order valence-electron chi connectivity index (χ2n) is 5.38. The van der Waals surface area contributed by atoms with Crippen molar-refractivity contribution in [1.29, 1.82) is 5.26 Å². The van der Waals surface area contributed by atoms with E-state index < -0.39 is 31.7 Å². The van der Waals surface area contributed by atoms with Crippen LogP contribution in [0.2, 0.25) is 5.02 Å². The predicted octanol–water partition coefficient (Wildman–Crippen LogP) is 2.58. The van der Waals surface area contributed by atoms with Crippen molar-refractivity contribution >= 4 is 21.6 Å². The molecule has 1 saturated heterocycles. The van der Waals surface area contributed by atoms with Crippen LogP contribution in [-0.4, -0.2) is 49.8 Å². The van der Waals surface area contributed by atoms with Crippen molar-refractivity contribution in [3.05, 3.63) is 28.8 Å². The topological polar surface area (TPSA) is 64.4 Å². The number of hydrogen-bond acceptors (Lipinski definition) is 4. The van der Waals surface area contributed by atoms with E-state index in [9.17, 15) is 21.6 Å². The number of alkyl halides is 3. The molecule has 1 aliphatic heterocycles. The molecule has 132 valence electrons. The summed E-state index contributed by atoms with van der Waals surface area (Å²) in [6, 6.07) is 4.28. The standard InChI is InChI=1S/C14H15ClF3N3O2S/c1-10(9-19)20-4-6-21(7-5-20)24(22,23)11-2-3-13(15)12(8-11)14(16,17)18/h2-3,8,10H,4-7H2,1H3/t10-/m0/s1. The van der Waals surface area contributed by atoms with E-state index in [1.54, 1.807) is 6.92 Å². The van der Waals surface area contributed by atoms with Crippen molar-refractivity contribution in [2.45, 2.75) is 24.0 Å². The molecule has 0 bridgehead atoms. The molecule has 2 rings (SSSR count). The average molecular weight is 382 g/mol. The second kappa shape index (κ2) is 6.88. The molecular formula is C14H15ClF3N3O2S. The highest BCUT2D eigenvalue weighted by Crippen LogP contribution is 2.36. The molecule has 0 spiro atoms. The zero-order valence-corrected chi connectivity index (χ0v) is 14.3. The Morgan fingerprint density at radius 2 is 1.83 bits per heavy atom. The third kappa shape index (κ3) is 3.83. The maximum atomic E-state index is 12.9. The van der Waals surface area contributed by atoms with Gasteiger partial charge in [-0.2, -0.15) is 22.7 Å². The third-order valence-corrected chi connectivity index (χ3v) is 6.11. The molecule has 0 radical (unpaired) electrons. The molecule has 10 heteroatoms. The van der Waals surface area contributed by atoms with Crippen LogP contribution in [0, 0.1) is 11.3 Å². The molecule has 0 saturated carbocycles. The number of nitrogens with zero attached hydrogens (tertiary/aromatic N) is 3. The average Bonchev–Trinajstić information content (AvgIpc) is 2.53. The van der Waals surface area contributed by atoms with Gasteiger partial charge in [-0.1, -0.05) is 11.6 Å². The smallest absolute Gasteiger partial charge is 0.286 e. The first kappa shape index (κ1) is 19.0. The Balaban J connectivity index is 2.25. The molecule has 1 aliphatic rings. The van der Waals surface area contributed by atoms with Gasteiger partial charge in [0.1, 0.15) is 0 Å². The number of rotatable bonds is 3. The Bertz CT molecular complexity index is 754. The van der Waals surface area contributed by atoms with E-state index in [4.69, 9.17) is 16.9 Å². The van der Waals surface area contributed by atoms with E-state index in [1.165, 1.54) is 0 Å². The highest BCUT2D eigenvalue weighted by Gasteiger charge is 2.36. The largest absolute Gasteiger partial charge is 0.417 e. The summed E-state index contributed by atoms with van der Waals surface area (Å²) in [4.78, 5) is 1.37. The molecule has 0 aromatic heterocycles. The zero-order chi connectivity index (χ0) is 18.1. The van der Waals surface area contributed by atoms with Crippen LogP contribution in [0.25, 0.3) is 0 Å². The first-order valence-corrected chi connectivity index (χ1v) is 8.89. The highest BCUT2D eigenvalue weighted by molar-refractivity contribution is 7.89. The monoisotopic (exact) mass is 381 g/mol. The molecule has 0 N–H and O–H groups in total. The van der Waals surface area contributed by atoms with E-state index in [1.807, 2.05) is 4.90 Å². The molecule has 1 aromatic carbocycles. The van der Waals surface area contributed by atoms with Crippen LogP contribution in [0.15, 0.2) is 23.1 Å². The Hall–Kier alpha value is -1.34. The maximum Gasteiger partial charge on any atom is 0.417 e. The maximum absolute atomic E-state index is 12.9. The quantitative estimate of drug-likeness (QED) is 0.807. The summed E-state index contributed by atoms with van der Waals surface area (Å²) >= 11 is 5.52. The number of hydrogen-bond donors (Lipinski definition) is 0. The fraction of sp³-hybridized carbons (Fsp3) is 0.500. The molecule has 5 nitrogen and oxygen atoms in total. The Labute approximate surface area is 143 Å². The molecule has 1 aromatic rings. The van der Waals surface area contributed by atoms with Crippen LogP contribution in [0.1, 0.15) is 12.5 Å². The minimum atomic E-state index is -4.73. The van der Waals surface area contributed by atoms with Crippen molar-refractivity contribution in [3.63, 3.8) is 0 Å². The third-order valence-electron chi connectivity index (χ3n) is 3.89. The van der Waals surface area contributed by atoms with E-state index in [-0.39, 0.29) is 19.1 Å². The summed E-state index contributed by atoms with van der Waals surface area (Å²) in [5.41, 5.74) is -1.18. The number of halogens is 4. The summed E-state index contributed by atoms with van der Waals surface area (Å²) in [6.45, 7) is 2.61. The summed E-state index contributed by atoms with van der Waals surface area (Å²) in [6.07, 6.45) is -4.73. The second-order valence-corrected chi connectivity index (χ2v) is 7.73. The Morgan fingerprint density at radius 1 is 1.25 bits per heavy atom. The zero-order valence-electron chi connectivity index (χ0n) is 12.7. The Kier molecular flexibility index (Phi) is 5.44. The molecule has 24 heavy (non-hydrogen) atoms. The normalized spacial score (nSPS) is 19.0. The summed E-state index contributed by atoms with van der Waals surface area (Å²) in [5, 5.41) is 8.33. The predicted molar refractivity (Wildman–Crippen MR) is 81.9 cm³/mol. The van der Waals surface area contributed by atoms with Gasteiger partial charge in [0.05, 0.1) is 27.6 Å². The van der Waals surface area contributed by atoms with Gasteiger partial charge in [-0.25, -0.2) is 8.42 Å². The number of benzene rings is 1. The first-order valence-electron chi connectivity index (χ1n) is 7.08. The van der Waals surface area contributed by atoms with E-state index in [0.29, 0.717) is 19.2 Å². The molecule has 0 aliphatic carbocycles. The summed E-state index contributed by atoms with van der Waals surface area (Å²) in [7, 11) is -4.05. The number of nitriles is 1. The van der Waals surface area contributed by atoms with Crippen LogP contribution < -0.4 is 0 Å². The van der Waals surface area contributed by atoms with Gasteiger partial charge >= 0.3 is 6.18 Å². The lowest BCUT2D eigenvalue weighted by Crippen LogP contribution is -2.50. The lowest BCUT2D eigenvalue weighted by atomic mass is 10.2. The van der Waals surface area contributed by atoms with Crippen molar-refractivity contribution in [2.24, 2.45) is 0 Å². The van der Waals surface area contributed by atoms with Crippen LogP contribution >= 0.6 is 11.6 Å². The molecular weight excluding hydrogens is 367 g/mol. The van der Waals surface area contributed by atoms with Gasteiger partial charge in [0.25, 0.3) is 0 Å². The van der Waals surface area contributed by atoms with Crippen molar-refractivity contribution in [3.8, 4) is 6.07 Å².